The molecule has 2 fully saturated rings. The summed E-state index contributed by atoms with van der Waals surface area (Å²) in [5.41, 5.74) is 0. The Hall–Kier alpha value is -0.610. The first-order valence-corrected chi connectivity index (χ1v) is 6.72. The first kappa shape index (κ1) is 12.8. The molecule has 17 heavy (non-hydrogen) atoms. The molecular formula is C13H23NO3. The van der Waals surface area contributed by atoms with E-state index >= 15 is 0 Å². The van der Waals surface area contributed by atoms with Gasteiger partial charge in [-0.3, -0.25) is 4.79 Å². The quantitative estimate of drug-likeness (QED) is 0.803. The summed E-state index contributed by atoms with van der Waals surface area (Å²) in [6.07, 6.45) is 4.12. The zero-order chi connectivity index (χ0) is 12.3. The van der Waals surface area contributed by atoms with Crippen molar-refractivity contribution in [3.05, 3.63) is 0 Å². The molecule has 0 aliphatic carbocycles. The number of hydrogen-bond acceptors (Lipinski definition) is 3. The third-order valence-corrected chi connectivity index (χ3v) is 3.92. The van der Waals surface area contributed by atoms with Crippen LogP contribution in [0.4, 0.5) is 0 Å². The minimum atomic E-state index is 0.0675. The predicted octanol–water partition coefficient (Wildman–Crippen LogP) is 1.03. The molecule has 0 radical (unpaired) electrons. The summed E-state index contributed by atoms with van der Waals surface area (Å²) in [4.78, 5) is 14.3. The summed E-state index contributed by atoms with van der Waals surface area (Å²) >= 11 is 0. The van der Waals surface area contributed by atoms with Gasteiger partial charge in [-0.2, -0.15) is 0 Å². The van der Waals surface area contributed by atoms with Gasteiger partial charge in [0.25, 0.3) is 0 Å². The zero-order valence-corrected chi connectivity index (χ0v) is 10.6. The van der Waals surface area contributed by atoms with Crippen LogP contribution in [-0.2, 0) is 9.53 Å². The summed E-state index contributed by atoms with van der Waals surface area (Å²) < 4.78 is 5.46. The van der Waals surface area contributed by atoms with E-state index in [9.17, 15) is 4.79 Å². The first-order chi connectivity index (χ1) is 8.20. The van der Waals surface area contributed by atoms with Gasteiger partial charge in [0, 0.05) is 19.7 Å². The van der Waals surface area contributed by atoms with Crippen LogP contribution in [0, 0.1) is 11.8 Å². The first-order valence-electron chi connectivity index (χ1n) is 6.72. The maximum Gasteiger partial charge on any atom is 0.228 e. The molecular weight excluding hydrogens is 218 g/mol. The molecule has 2 rings (SSSR count). The number of ether oxygens (including phenoxy) is 1. The van der Waals surface area contributed by atoms with Crippen molar-refractivity contribution < 1.29 is 14.6 Å². The van der Waals surface area contributed by atoms with Gasteiger partial charge < -0.3 is 14.7 Å². The van der Waals surface area contributed by atoms with Crippen molar-refractivity contribution in [2.45, 2.75) is 38.7 Å². The van der Waals surface area contributed by atoms with Crippen LogP contribution in [-0.4, -0.2) is 48.3 Å². The van der Waals surface area contributed by atoms with E-state index in [1.54, 1.807) is 0 Å². The summed E-state index contributed by atoms with van der Waals surface area (Å²) in [5, 5.41) is 8.97. The number of aliphatic hydroxyl groups is 1. The highest BCUT2D eigenvalue weighted by atomic mass is 16.5. The summed E-state index contributed by atoms with van der Waals surface area (Å²) in [5.74, 6) is 0.812. The summed E-state index contributed by atoms with van der Waals surface area (Å²) in [6, 6.07) is 0. The van der Waals surface area contributed by atoms with E-state index in [0.29, 0.717) is 12.5 Å². The molecule has 0 saturated carbocycles. The average Bonchev–Trinajstić information content (AvgIpc) is 2.76. The second kappa shape index (κ2) is 5.83. The molecule has 0 bridgehead atoms. The number of piperidine rings is 1. The Morgan fingerprint density at radius 1 is 1.53 bits per heavy atom. The fraction of sp³-hybridized carbons (Fsp3) is 0.923. The van der Waals surface area contributed by atoms with Crippen molar-refractivity contribution in [1.29, 1.82) is 0 Å². The van der Waals surface area contributed by atoms with Crippen LogP contribution in [0.3, 0.4) is 0 Å². The minimum absolute atomic E-state index is 0.0675. The Balaban J connectivity index is 1.86. The number of nitrogens with zero attached hydrogens (tertiary/aromatic N) is 1. The molecule has 4 heteroatoms. The van der Waals surface area contributed by atoms with Crippen molar-refractivity contribution in [1.82, 2.24) is 4.90 Å². The van der Waals surface area contributed by atoms with Gasteiger partial charge >= 0.3 is 0 Å². The largest absolute Gasteiger partial charge is 0.396 e. The molecule has 3 atom stereocenters. The molecule has 2 aliphatic heterocycles. The van der Waals surface area contributed by atoms with Gasteiger partial charge in [-0.1, -0.05) is 0 Å². The Bertz CT molecular complexity index is 267. The van der Waals surface area contributed by atoms with Gasteiger partial charge in [-0.05, 0) is 38.5 Å². The van der Waals surface area contributed by atoms with E-state index in [1.165, 1.54) is 0 Å². The maximum atomic E-state index is 12.3. The Kier molecular flexibility index (Phi) is 4.40. The van der Waals surface area contributed by atoms with Crippen LogP contribution in [0.15, 0.2) is 0 Å². The van der Waals surface area contributed by atoms with Crippen molar-refractivity contribution in [3.8, 4) is 0 Å². The van der Waals surface area contributed by atoms with Crippen LogP contribution < -0.4 is 0 Å². The maximum absolute atomic E-state index is 12.3. The smallest absolute Gasteiger partial charge is 0.228 e. The number of carbonyl (C=O) groups is 1. The fourth-order valence-corrected chi connectivity index (χ4v) is 2.93. The van der Waals surface area contributed by atoms with Crippen LogP contribution in [0.2, 0.25) is 0 Å². The standard InChI is InChI=1S/C13H23NO3/c1-10-7-12(9-17-10)13(16)14-5-2-3-11(8-14)4-6-15/h10-12,15H,2-9H2,1H3. The highest BCUT2D eigenvalue weighted by molar-refractivity contribution is 5.79. The highest BCUT2D eigenvalue weighted by Gasteiger charge is 2.33. The Morgan fingerprint density at radius 2 is 2.35 bits per heavy atom. The lowest BCUT2D eigenvalue weighted by Gasteiger charge is -2.34. The number of rotatable bonds is 3. The average molecular weight is 241 g/mol. The Morgan fingerprint density at radius 3 is 3.00 bits per heavy atom. The summed E-state index contributed by atoms with van der Waals surface area (Å²) in [6.45, 7) is 4.55. The molecule has 3 unspecified atom stereocenters. The normalized spacial score (nSPS) is 34.0. The zero-order valence-electron chi connectivity index (χ0n) is 10.6. The molecule has 98 valence electrons. The van der Waals surface area contributed by atoms with E-state index in [0.717, 1.165) is 38.8 Å². The van der Waals surface area contributed by atoms with Gasteiger partial charge in [-0.15, -0.1) is 0 Å². The van der Waals surface area contributed by atoms with Gasteiger partial charge in [0.05, 0.1) is 18.6 Å². The molecule has 0 aromatic carbocycles. The van der Waals surface area contributed by atoms with E-state index in [4.69, 9.17) is 9.84 Å². The second-order valence-electron chi connectivity index (χ2n) is 5.38. The molecule has 1 amide bonds. The van der Waals surface area contributed by atoms with E-state index in [2.05, 4.69) is 0 Å². The monoisotopic (exact) mass is 241 g/mol. The number of carbonyl (C=O) groups excluding carboxylic acids is 1. The van der Waals surface area contributed by atoms with Gasteiger partial charge in [0.2, 0.25) is 5.91 Å². The third kappa shape index (κ3) is 3.19. The lowest BCUT2D eigenvalue weighted by atomic mass is 9.93. The third-order valence-electron chi connectivity index (χ3n) is 3.92. The van der Waals surface area contributed by atoms with Crippen LogP contribution >= 0.6 is 0 Å². The fourth-order valence-electron chi connectivity index (χ4n) is 2.93. The van der Waals surface area contributed by atoms with Gasteiger partial charge in [0.1, 0.15) is 0 Å². The number of amides is 1. The molecule has 0 aromatic heterocycles. The molecule has 2 saturated heterocycles. The van der Waals surface area contributed by atoms with Gasteiger partial charge in [0.15, 0.2) is 0 Å². The molecule has 2 heterocycles. The van der Waals surface area contributed by atoms with Crippen molar-refractivity contribution >= 4 is 5.91 Å². The SMILES string of the molecule is CC1CC(C(=O)N2CCCC(CCO)C2)CO1. The molecule has 1 N–H and O–H groups in total. The van der Waals surface area contributed by atoms with Crippen molar-refractivity contribution in [3.63, 3.8) is 0 Å². The van der Waals surface area contributed by atoms with Crippen LogP contribution in [0.25, 0.3) is 0 Å². The number of hydrogen-bond donors (Lipinski definition) is 1. The highest BCUT2D eigenvalue weighted by Crippen LogP contribution is 2.25. The second-order valence-corrected chi connectivity index (χ2v) is 5.38. The molecule has 2 aliphatic rings. The Labute approximate surface area is 103 Å². The lowest BCUT2D eigenvalue weighted by Crippen LogP contribution is -2.43. The van der Waals surface area contributed by atoms with E-state index < -0.39 is 0 Å². The van der Waals surface area contributed by atoms with Crippen molar-refractivity contribution in [2.24, 2.45) is 11.8 Å². The lowest BCUT2D eigenvalue weighted by molar-refractivity contribution is -0.137. The van der Waals surface area contributed by atoms with Crippen molar-refractivity contribution in [2.75, 3.05) is 26.3 Å². The molecule has 4 nitrogen and oxygen atoms in total. The minimum Gasteiger partial charge on any atom is -0.396 e. The van der Waals surface area contributed by atoms with E-state index in [-0.39, 0.29) is 24.5 Å². The van der Waals surface area contributed by atoms with Crippen LogP contribution in [0.1, 0.15) is 32.6 Å². The topological polar surface area (TPSA) is 49.8 Å². The van der Waals surface area contributed by atoms with Crippen LogP contribution in [0.5, 0.6) is 0 Å². The molecule has 0 aromatic rings. The number of likely N-dealkylation sites (tertiary alicyclic amines) is 1. The number of aliphatic hydroxyl groups excluding tert-OH is 1. The predicted molar refractivity (Wildman–Crippen MR) is 64.5 cm³/mol. The summed E-state index contributed by atoms with van der Waals surface area (Å²) in [7, 11) is 0. The van der Waals surface area contributed by atoms with E-state index in [1.807, 2.05) is 11.8 Å². The molecule has 0 spiro atoms. The van der Waals surface area contributed by atoms with Gasteiger partial charge in [-0.25, -0.2) is 0 Å².